The van der Waals surface area contributed by atoms with Gasteiger partial charge in [-0.05, 0) is 52.2 Å². The van der Waals surface area contributed by atoms with E-state index >= 15 is 0 Å². The maximum Gasteiger partial charge on any atom is 0.238 e. The molecule has 0 aromatic carbocycles. The van der Waals surface area contributed by atoms with Gasteiger partial charge in [-0.2, -0.15) is 0 Å². The molecule has 4 saturated heterocycles. The minimum Gasteiger partial charge on any atom is -0.353 e. The molecule has 0 aromatic rings. The lowest BCUT2D eigenvalue weighted by Crippen LogP contribution is -2.56. The SMILES string of the molecule is CN1[C@@H](CCC(=O)N2CCN(C3CCCCN3)CC2)CNC(=O)[C@H]2NCC[C@@H]21. The third-order valence-corrected chi connectivity index (χ3v) is 7.17. The summed E-state index contributed by atoms with van der Waals surface area (Å²) in [4.78, 5) is 31.9. The number of rotatable bonds is 4. The number of likely N-dealkylation sites (N-methyl/N-ethyl adjacent to an activating group) is 1. The lowest BCUT2D eigenvalue weighted by Gasteiger charge is -2.41. The zero-order chi connectivity index (χ0) is 19.5. The predicted molar refractivity (Wildman–Crippen MR) is 108 cm³/mol. The van der Waals surface area contributed by atoms with Crippen molar-refractivity contribution in [3.63, 3.8) is 0 Å². The Morgan fingerprint density at radius 1 is 1.07 bits per heavy atom. The van der Waals surface area contributed by atoms with Crippen LogP contribution in [0.2, 0.25) is 0 Å². The highest BCUT2D eigenvalue weighted by molar-refractivity contribution is 5.83. The molecule has 0 bridgehead atoms. The minimum absolute atomic E-state index is 0.104. The zero-order valence-electron chi connectivity index (χ0n) is 17.2. The highest BCUT2D eigenvalue weighted by Gasteiger charge is 2.40. The Morgan fingerprint density at radius 2 is 1.89 bits per heavy atom. The number of hydrogen-bond donors (Lipinski definition) is 3. The van der Waals surface area contributed by atoms with E-state index in [4.69, 9.17) is 0 Å². The molecule has 3 N–H and O–H groups in total. The average molecular weight is 393 g/mol. The van der Waals surface area contributed by atoms with Gasteiger partial charge in [0.1, 0.15) is 6.04 Å². The molecular weight excluding hydrogens is 356 g/mol. The summed E-state index contributed by atoms with van der Waals surface area (Å²) in [6.07, 6.45) is 6.69. The van der Waals surface area contributed by atoms with E-state index in [0.29, 0.717) is 19.1 Å². The van der Waals surface area contributed by atoms with Crippen LogP contribution >= 0.6 is 0 Å². The van der Waals surface area contributed by atoms with Crippen molar-refractivity contribution < 1.29 is 9.59 Å². The Balaban J connectivity index is 1.23. The molecule has 0 aromatic heterocycles. The Labute approximate surface area is 168 Å². The van der Waals surface area contributed by atoms with Gasteiger partial charge in [-0.1, -0.05) is 0 Å². The summed E-state index contributed by atoms with van der Waals surface area (Å²) in [6.45, 7) is 6.26. The van der Waals surface area contributed by atoms with Crippen LogP contribution in [0.5, 0.6) is 0 Å². The first-order chi connectivity index (χ1) is 13.6. The molecule has 8 heteroatoms. The molecule has 1 unspecified atom stereocenters. The van der Waals surface area contributed by atoms with Crippen LogP contribution < -0.4 is 16.0 Å². The molecule has 4 rings (SSSR count). The van der Waals surface area contributed by atoms with Gasteiger partial charge in [0.25, 0.3) is 0 Å². The summed E-state index contributed by atoms with van der Waals surface area (Å²) in [5.41, 5.74) is 0. The van der Waals surface area contributed by atoms with E-state index in [9.17, 15) is 9.59 Å². The minimum atomic E-state index is -0.104. The first kappa shape index (κ1) is 20.1. The van der Waals surface area contributed by atoms with Gasteiger partial charge in [-0.15, -0.1) is 0 Å². The normalized spacial score (nSPS) is 35.3. The quantitative estimate of drug-likeness (QED) is 0.580. The van der Waals surface area contributed by atoms with Crippen molar-refractivity contribution in [2.45, 2.75) is 62.8 Å². The lowest BCUT2D eigenvalue weighted by atomic mass is 10.0. The van der Waals surface area contributed by atoms with Crippen LogP contribution in [0.3, 0.4) is 0 Å². The third kappa shape index (κ3) is 4.35. The molecule has 0 radical (unpaired) electrons. The number of amides is 2. The smallest absolute Gasteiger partial charge is 0.238 e. The van der Waals surface area contributed by atoms with Crippen LogP contribution in [0.25, 0.3) is 0 Å². The van der Waals surface area contributed by atoms with Gasteiger partial charge in [-0.3, -0.25) is 19.4 Å². The molecule has 4 fully saturated rings. The number of carbonyl (C=O) groups excluding carboxylic acids is 2. The van der Waals surface area contributed by atoms with Gasteiger partial charge in [0.15, 0.2) is 0 Å². The van der Waals surface area contributed by atoms with Crippen molar-refractivity contribution in [3.05, 3.63) is 0 Å². The van der Waals surface area contributed by atoms with Gasteiger partial charge < -0.3 is 20.9 Å². The Morgan fingerprint density at radius 3 is 2.64 bits per heavy atom. The molecule has 0 aliphatic carbocycles. The summed E-state index contributed by atoms with van der Waals surface area (Å²) in [5.74, 6) is 0.372. The van der Waals surface area contributed by atoms with Crippen LogP contribution in [0.15, 0.2) is 0 Å². The second-order valence-electron chi connectivity index (χ2n) is 8.77. The molecular formula is C20H36N6O2. The van der Waals surface area contributed by atoms with E-state index in [1.54, 1.807) is 0 Å². The van der Waals surface area contributed by atoms with E-state index in [0.717, 1.165) is 52.1 Å². The van der Waals surface area contributed by atoms with Crippen LogP contribution in [-0.4, -0.2) is 104 Å². The highest BCUT2D eigenvalue weighted by Crippen LogP contribution is 2.21. The number of nitrogens with one attached hydrogen (secondary N) is 3. The van der Waals surface area contributed by atoms with Crippen LogP contribution in [0.4, 0.5) is 0 Å². The number of carbonyl (C=O) groups is 2. The largest absolute Gasteiger partial charge is 0.353 e. The molecule has 8 nitrogen and oxygen atoms in total. The van der Waals surface area contributed by atoms with Crippen LogP contribution in [0.1, 0.15) is 38.5 Å². The number of hydrogen-bond acceptors (Lipinski definition) is 6. The van der Waals surface area contributed by atoms with E-state index in [-0.39, 0.29) is 29.9 Å². The van der Waals surface area contributed by atoms with Crippen molar-refractivity contribution in [2.24, 2.45) is 0 Å². The summed E-state index contributed by atoms with van der Waals surface area (Å²) >= 11 is 0. The summed E-state index contributed by atoms with van der Waals surface area (Å²) in [5, 5.41) is 9.98. The molecule has 4 heterocycles. The summed E-state index contributed by atoms with van der Waals surface area (Å²) in [6, 6.07) is 0.372. The van der Waals surface area contributed by atoms with Crippen LogP contribution in [0, 0.1) is 0 Å². The predicted octanol–water partition coefficient (Wildman–Crippen LogP) is -0.829. The third-order valence-electron chi connectivity index (χ3n) is 7.17. The monoisotopic (exact) mass is 392 g/mol. The van der Waals surface area contributed by atoms with Crippen LogP contribution in [-0.2, 0) is 9.59 Å². The Kier molecular flexibility index (Phi) is 6.50. The van der Waals surface area contributed by atoms with Gasteiger partial charge in [-0.25, -0.2) is 0 Å². The van der Waals surface area contributed by atoms with Crippen molar-refractivity contribution >= 4 is 11.8 Å². The fourth-order valence-electron chi connectivity index (χ4n) is 5.32. The van der Waals surface area contributed by atoms with E-state index in [2.05, 4.69) is 32.8 Å². The first-order valence-electron chi connectivity index (χ1n) is 11.1. The number of piperazine rings is 1. The standard InChI is InChI=1S/C20H36N6O2/c1-24-15(14-23-20(28)19-16(24)7-9-22-19)5-6-18(27)26-12-10-25(11-13-26)17-4-2-3-8-21-17/h15-17,19,21-22H,2-14H2,1H3,(H,23,28)/t15-,16-,17?,19-/m0/s1. The van der Waals surface area contributed by atoms with Gasteiger partial charge in [0.05, 0.1) is 6.17 Å². The topological polar surface area (TPSA) is 80.0 Å². The van der Waals surface area contributed by atoms with E-state index in [1.165, 1.54) is 19.3 Å². The van der Waals surface area contributed by atoms with Gasteiger partial charge in [0, 0.05) is 51.2 Å². The van der Waals surface area contributed by atoms with Gasteiger partial charge in [0.2, 0.25) is 11.8 Å². The number of fused-ring (bicyclic) bond motifs is 1. The fraction of sp³-hybridized carbons (Fsp3) is 0.900. The lowest BCUT2D eigenvalue weighted by molar-refractivity contribution is -0.133. The first-order valence-corrected chi connectivity index (χ1v) is 11.1. The Hall–Kier alpha value is -1.22. The van der Waals surface area contributed by atoms with E-state index < -0.39 is 0 Å². The fourth-order valence-corrected chi connectivity index (χ4v) is 5.32. The van der Waals surface area contributed by atoms with E-state index in [1.807, 2.05) is 4.90 Å². The molecule has 158 valence electrons. The molecule has 4 aliphatic heterocycles. The Bertz CT molecular complexity index is 559. The molecule has 4 atom stereocenters. The second kappa shape index (κ2) is 9.07. The maximum absolute atomic E-state index is 12.8. The molecule has 28 heavy (non-hydrogen) atoms. The molecule has 2 amide bonds. The molecule has 4 aliphatic rings. The second-order valence-corrected chi connectivity index (χ2v) is 8.77. The van der Waals surface area contributed by atoms with Crippen molar-refractivity contribution in [2.75, 3.05) is 52.9 Å². The van der Waals surface area contributed by atoms with Crippen molar-refractivity contribution in [1.29, 1.82) is 0 Å². The number of nitrogens with zero attached hydrogens (tertiary/aromatic N) is 3. The van der Waals surface area contributed by atoms with Crippen molar-refractivity contribution in [3.8, 4) is 0 Å². The van der Waals surface area contributed by atoms with Gasteiger partial charge >= 0.3 is 0 Å². The summed E-state index contributed by atoms with van der Waals surface area (Å²) in [7, 11) is 2.11. The maximum atomic E-state index is 12.8. The number of piperidine rings is 1. The summed E-state index contributed by atoms with van der Waals surface area (Å²) < 4.78 is 0. The zero-order valence-corrected chi connectivity index (χ0v) is 17.2. The average Bonchev–Trinajstić information content (AvgIpc) is 3.20. The van der Waals surface area contributed by atoms with Crippen molar-refractivity contribution in [1.82, 2.24) is 30.7 Å². The molecule has 0 spiro atoms. The molecule has 0 saturated carbocycles. The highest BCUT2D eigenvalue weighted by atomic mass is 16.2.